The van der Waals surface area contributed by atoms with Crippen LogP contribution in [-0.2, 0) is 0 Å². The van der Waals surface area contributed by atoms with Crippen LogP contribution in [0.5, 0.6) is 0 Å². The van der Waals surface area contributed by atoms with E-state index in [0.717, 1.165) is 31.9 Å². The second kappa shape index (κ2) is 10.5. The lowest BCUT2D eigenvalue weighted by atomic mass is 9.98. The highest BCUT2D eigenvalue weighted by Gasteiger charge is 2.21. The minimum atomic E-state index is -0.463. The van der Waals surface area contributed by atoms with E-state index in [1.165, 1.54) is 0 Å². The number of piperidine rings is 1. The van der Waals surface area contributed by atoms with Crippen molar-refractivity contribution in [1.82, 2.24) is 25.5 Å². The van der Waals surface area contributed by atoms with Crippen molar-refractivity contribution in [3.05, 3.63) is 63.5 Å². The zero-order chi connectivity index (χ0) is 23.2. The predicted molar refractivity (Wildman–Crippen MR) is 128 cm³/mol. The normalized spacial score (nSPS) is 13.7. The lowest BCUT2D eigenvalue weighted by molar-refractivity contribution is 0.0966. The van der Waals surface area contributed by atoms with Crippen LogP contribution in [-0.4, -0.2) is 45.1 Å². The number of rotatable bonds is 4. The van der Waals surface area contributed by atoms with Crippen LogP contribution >= 0.6 is 27.5 Å². The van der Waals surface area contributed by atoms with Gasteiger partial charge in [-0.3, -0.25) is 20.0 Å². The molecule has 0 unspecified atom stereocenters. The summed E-state index contributed by atoms with van der Waals surface area (Å²) >= 11 is 9.35. The van der Waals surface area contributed by atoms with E-state index in [9.17, 15) is 9.59 Å². The van der Waals surface area contributed by atoms with Crippen molar-refractivity contribution in [2.24, 2.45) is 5.92 Å². The minimum Gasteiger partial charge on any atom is -0.341 e. The van der Waals surface area contributed by atoms with E-state index in [-0.39, 0.29) is 17.4 Å². The van der Waals surface area contributed by atoms with Gasteiger partial charge in [0.25, 0.3) is 11.8 Å². The Hall–Kier alpha value is -3.42. The number of nitrogens with zero attached hydrogens (tertiary/aromatic N) is 4. The van der Waals surface area contributed by atoms with Gasteiger partial charge in [0.15, 0.2) is 5.82 Å². The van der Waals surface area contributed by atoms with Gasteiger partial charge in [-0.15, -0.1) is 0 Å². The third-order valence-electron chi connectivity index (χ3n) is 5.07. The number of aromatic nitrogens is 4. The number of H-pyrrole nitrogens is 1. The summed E-state index contributed by atoms with van der Waals surface area (Å²) in [5, 5.41) is 12.1. The molecule has 1 aromatic carbocycles. The molecule has 3 N–H and O–H groups in total. The van der Waals surface area contributed by atoms with Gasteiger partial charge in [-0.2, -0.15) is 5.10 Å². The molecule has 2 aromatic heterocycles. The fourth-order valence-corrected chi connectivity index (χ4v) is 4.00. The van der Waals surface area contributed by atoms with Gasteiger partial charge in [0.1, 0.15) is 5.69 Å². The average molecular weight is 529 g/mol. The quantitative estimate of drug-likeness (QED) is 0.353. The van der Waals surface area contributed by atoms with E-state index in [1.807, 2.05) is 0 Å². The molecule has 9 nitrogen and oxygen atoms in total. The largest absolute Gasteiger partial charge is 0.341 e. The number of amides is 2. The second-order valence-electron chi connectivity index (χ2n) is 7.23. The summed E-state index contributed by atoms with van der Waals surface area (Å²) in [5.41, 5.74) is 0.450. The number of carbonyl (C=O) groups is 2. The molecule has 11 heteroatoms. The number of hydrogen-bond acceptors (Lipinski definition) is 6. The lowest BCUT2D eigenvalue weighted by Crippen LogP contribution is -2.34. The molecule has 1 aliphatic rings. The summed E-state index contributed by atoms with van der Waals surface area (Å²) < 4.78 is 0.318. The maximum atomic E-state index is 12.5. The molecule has 1 aliphatic heterocycles. The first-order valence-electron chi connectivity index (χ1n) is 10.2. The number of benzene rings is 1. The summed E-state index contributed by atoms with van der Waals surface area (Å²) in [7, 11) is 0. The van der Waals surface area contributed by atoms with E-state index in [1.54, 1.807) is 42.7 Å². The third-order valence-corrected chi connectivity index (χ3v) is 6.17. The average Bonchev–Trinajstić information content (AvgIpc) is 3.20. The molecule has 0 aliphatic carbocycles. The van der Waals surface area contributed by atoms with Crippen LogP contribution in [0.2, 0.25) is 5.02 Å². The Kier molecular flexibility index (Phi) is 7.22. The molecule has 3 heterocycles. The number of hydrogen-bond donors (Lipinski definition) is 3. The molecule has 2 amide bonds. The Morgan fingerprint density at radius 3 is 2.58 bits per heavy atom. The topological polar surface area (TPSA) is 116 Å². The molecule has 0 radical (unpaired) electrons. The Balaban J connectivity index is 1.31. The summed E-state index contributed by atoms with van der Waals surface area (Å²) in [6.45, 7) is 1.61. The van der Waals surface area contributed by atoms with E-state index in [2.05, 4.69) is 63.6 Å². The minimum absolute atomic E-state index is 0.148. The predicted octanol–water partition coefficient (Wildman–Crippen LogP) is 3.48. The molecule has 0 spiro atoms. The molecule has 33 heavy (non-hydrogen) atoms. The molecule has 1 saturated heterocycles. The van der Waals surface area contributed by atoms with Crippen LogP contribution in [0.25, 0.3) is 0 Å². The fourth-order valence-electron chi connectivity index (χ4n) is 3.32. The maximum absolute atomic E-state index is 12.5. The van der Waals surface area contributed by atoms with Gasteiger partial charge in [0, 0.05) is 37.4 Å². The SMILES string of the molecule is O=C(Nc1n[nH]c(C(=O)NC#CC2CCN(c3ncccn3)CC2)c1Br)c1ccccc1Cl. The van der Waals surface area contributed by atoms with Crippen molar-refractivity contribution in [2.45, 2.75) is 12.8 Å². The van der Waals surface area contributed by atoms with Crippen molar-refractivity contribution in [2.75, 3.05) is 23.3 Å². The Morgan fingerprint density at radius 1 is 1.12 bits per heavy atom. The maximum Gasteiger partial charge on any atom is 0.281 e. The number of aromatic amines is 1. The third kappa shape index (κ3) is 5.50. The van der Waals surface area contributed by atoms with E-state index < -0.39 is 11.8 Å². The zero-order valence-corrected chi connectivity index (χ0v) is 19.7. The van der Waals surface area contributed by atoms with Crippen LogP contribution in [0.15, 0.2) is 47.2 Å². The van der Waals surface area contributed by atoms with Crippen LogP contribution in [0, 0.1) is 17.9 Å². The van der Waals surface area contributed by atoms with Crippen LogP contribution in [0.4, 0.5) is 11.8 Å². The lowest BCUT2D eigenvalue weighted by Gasteiger charge is -2.29. The molecular formula is C22H19BrClN7O2. The van der Waals surface area contributed by atoms with Gasteiger partial charge >= 0.3 is 0 Å². The van der Waals surface area contributed by atoms with Crippen molar-refractivity contribution >= 4 is 51.1 Å². The highest BCUT2D eigenvalue weighted by atomic mass is 79.9. The first-order chi connectivity index (χ1) is 16.0. The van der Waals surface area contributed by atoms with Gasteiger partial charge < -0.3 is 10.2 Å². The van der Waals surface area contributed by atoms with Crippen LogP contribution < -0.4 is 15.5 Å². The zero-order valence-electron chi connectivity index (χ0n) is 17.3. The summed E-state index contributed by atoms with van der Waals surface area (Å²) in [6, 6.07) is 11.2. The fraction of sp³-hybridized carbons (Fsp3) is 0.227. The molecule has 3 aromatic rings. The molecule has 1 fully saturated rings. The molecule has 168 valence electrons. The Bertz CT molecular complexity index is 1210. The van der Waals surface area contributed by atoms with E-state index in [0.29, 0.717) is 15.1 Å². The first-order valence-corrected chi connectivity index (χ1v) is 11.3. The van der Waals surface area contributed by atoms with Crippen LogP contribution in [0.3, 0.4) is 0 Å². The van der Waals surface area contributed by atoms with Crippen LogP contribution in [0.1, 0.15) is 33.7 Å². The van der Waals surface area contributed by atoms with E-state index in [4.69, 9.17) is 11.6 Å². The van der Waals surface area contributed by atoms with Crippen molar-refractivity contribution in [3.8, 4) is 12.0 Å². The van der Waals surface area contributed by atoms with Gasteiger partial charge in [-0.25, -0.2) is 9.97 Å². The second-order valence-corrected chi connectivity index (χ2v) is 8.43. The van der Waals surface area contributed by atoms with Crippen molar-refractivity contribution < 1.29 is 9.59 Å². The van der Waals surface area contributed by atoms with Crippen molar-refractivity contribution in [3.63, 3.8) is 0 Å². The summed E-state index contributed by atoms with van der Waals surface area (Å²) in [6.07, 6.45) is 5.16. The van der Waals surface area contributed by atoms with Gasteiger partial charge in [-0.05, 0) is 47.0 Å². The number of nitrogens with one attached hydrogen (secondary N) is 3. The Morgan fingerprint density at radius 2 is 1.85 bits per heavy atom. The van der Waals surface area contributed by atoms with E-state index >= 15 is 0 Å². The molecule has 0 saturated carbocycles. The smallest absolute Gasteiger partial charge is 0.281 e. The summed E-state index contributed by atoms with van der Waals surface area (Å²) in [5.74, 6) is 3.26. The number of carbonyl (C=O) groups excluding carboxylic acids is 2. The van der Waals surface area contributed by atoms with Gasteiger partial charge in [-0.1, -0.05) is 29.7 Å². The number of halogens is 2. The molecule has 0 bridgehead atoms. The van der Waals surface area contributed by atoms with Crippen molar-refractivity contribution in [1.29, 1.82) is 0 Å². The van der Waals surface area contributed by atoms with Gasteiger partial charge in [0.05, 0.1) is 15.1 Å². The highest BCUT2D eigenvalue weighted by molar-refractivity contribution is 9.10. The summed E-state index contributed by atoms with van der Waals surface area (Å²) in [4.78, 5) is 35.6. The first kappa shape index (κ1) is 22.8. The molecule has 0 atom stereocenters. The molecule has 4 rings (SSSR count). The highest BCUT2D eigenvalue weighted by Crippen LogP contribution is 2.25. The number of anilines is 2. The Labute approximate surface area is 203 Å². The monoisotopic (exact) mass is 527 g/mol. The van der Waals surface area contributed by atoms with Gasteiger partial charge in [0.2, 0.25) is 5.95 Å². The standard InChI is InChI=1S/C22H19BrClN7O2/c23-17-18(29-30-19(17)28-20(32)15-4-1-2-5-16(15)24)21(33)25-11-6-14-7-12-31(13-8-14)22-26-9-3-10-27-22/h1-5,9-10,14H,7-8,12-13H2,(H,25,33)(H2,28,29,30,32). The molecular weight excluding hydrogens is 510 g/mol.